The van der Waals surface area contributed by atoms with Crippen LogP contribution in [0.2, 0.25) is 0 Å². The average molecular weight is 271 g/mol. The van der Waals surface area contributed by atoms with Crippen molar-refractivity contribution in [1.82, 2.24) is 5.32 Å². The van der Waals surface area contributed by atoms with Gasteiger partial charge in [-0.05, 0) is 37.2 Å². The number of para-hydroxylation sites is 1. The predicted molar refractivity (Wildman–Crippen MR) is 81.0 cm³/mol. The standard InChI is InChI=1S/C17H21NO2/c1-3-16(18-2)15-6-4-5-7-17(15)20-12-13-8-10-14(19)11-9-13/h4-11,16,18-19H,3,12H2,1-2H3. The zero-order chi connectivity index (χ0) is 14.4. The first-order valence-corrected chi connectivity index (χ1v) is 6.91. The van der Waals surface area contributed by atoms with Crippen molar-refractivity contribution in [3.05, 3.63) is 59.7 Å². The van der Waals surface area contributed by atoms with Crippen molar-refractivity contribution in [2.75, 3.05) is 7.05 Å². The topological polar surface area (TPSA) is 41.5 Å². The number of aromatic hydroxyl groups is 1. The Labute approximate surface area is 120 Å². The quantitative estimate of drug-likeness (QED) is 0.842. The summed E-state index contributed by atoms with van der Waals surface area (Å²) < 4.78 is 5.93. The van der Waals surface area contributed by atoms with Crippen LogP contribution in [0.1, 0.15) is 30.5 Å². The van der Waals surface area contributed by atoms with Gasteiger partial charge in [-0.1, -0.05) is 37.3 Å². The average Bonchev–Trinajstić information content (AvgIpc) is 2.49. The van der Waals surface area contributed by atoms with Crippen molar-refractivity contribution in [2.24, 2.45) is 0 Å². The molecule has 0 aliphatic heterocycles. The third-order valence-electron chi connectivity index (χ3n) is 3.38. The first kappa shape index (κ1) is 14.4. The van der Waals surface area contributed by atoms with E-state index in [1.165, 1.54) is 5.56 Å². The number of nitrogens with one attached hydrogen (secondary N) is 1. The van der Waals surface area contributed by atoms with Crippen LogP contribution in [-0.4, -0.2) is 12.2 Å². The number of hydrogen-bond donors (Lipinski definition) is 2. The van der Waals surface area contributed by atoms with Gasteiger partial charge in [-0.2, -0.15) is 0 Å². The van der Waals surface area contributed by atoms with Crippen molar-refractivity contribution in [2.45, 2.75) is 26.0 Å². The summed E-state index contributed by atoms with van der Waals surface area (Å²) in [7, 11) is 1.96. The van der Waals surface area contributed by atoms with Crippen LogP contribution >= 0.6 is 0 Å². The Bertz CT molecular complexity index is 533. The zero-order valence-corrected chi connectivity index (χ0v) is 12.0. The molecule has 0 saturated heterocycles. The highest BCUT2D eigenvalue weighted by Gasteiger charge is 2.12. The maximum atomic E-state index is 9.27. The highest BCUT2D eigenvalue weighted by molar-refractivity contribution is 5.36. The van der Waals surface area contributed by atoms with Gasteiger partial charge in [-0.25, -0.2) is 0 Å². The molecule has 0 spiro atoms. The molecule has 2 aromatic carbocycles. The van der Waals surface area contributed by atoms with Gasteiger partial charge < -0.3 is 15.2 Å². The van der Waals surface area contributed by atoms with Crippen LogP contribution in [-0.2, 0) is 6.61 Å². The van der Waals surface area contributed by atoms with Crippen LogP contribution in [0.25, 0.3) is 0 Å². The third kappa shape index (κ3) is 3.52. The Balaban J connectivity index is 2.11. The van der Waals surface area contributed by atoms with Crippen molar-refractivity contribution < 1.29 is 9.84 Å². The first-order chi connectivity index (χ1) is 9.74. The minimum Gasteiger partial charge on any atom is -0.508 e. The second-order valence-electron chi connectivity index (χ2n) is 4.74. The lowest BCUT2D eigenvalue weighted by molar-refractivity contribution is 0.299. The van der Waals surface area contributed by atoms with Crippen molar-refractivity contribution in [3.63, 3.8) is 0 Å². The van der Waals surface area contributed by atoms with Gasteiger partial charge in [0.1, 0.15) is 18.1 Å². The van der Waals surface area contributed by atoms with Gasteiger partial charge in [0.15, 0.2) is 0 Å². The number of benzene rings is 2. The van der Waals surface area contributed by atoms with Gasteiger partial charge in [0, 0.05) is 11.6 Å². The maximum Gasteiger partial charge on any atom is 0.124 e. The lowest BCUT2D eigenvalue weighted by Crippen LogP contribution is -2.16. The Kier molecular flexibility index (Phi) is 5.02. The molecule has 2 rings (SSSR count). The monoisotopic (exact) mass is 271 g/mol. The number of phenols is 1. The summed E-state index contributed by atoms with van der Waals surface area (Å²) >= 11 is 0. The molecule has 0 aliphatic carbocycles. The van der Waals surface area contributed by atoms with Crippen LogP contribution in [0.3, 0.4) is 0 Å². The van der Waals surface area contributed by atoms with E-state index < -0.39 is 0 Å². The van der Waals surface area contributed by atoms with Gasteiger partial charge in [0.2, 0.25) is 0 Å². The third-order valence-corrected chi connectivity index (χ3v) is 3.38. The summed E-state index contributed by atoms with van der Waals surface area (Å²) in [6, 6.07) is 15.5. The molecule has 2 aromatic rings. The summed E-state index contributed by atoms with van der Waals surface area (Å²) in [6.07, 6.45) is 1.01. The van der Waals surface area contributed by atoms with Crippen LogP contribution < -0.4 is 10.1 Å². The second kappa shape index (κ2) is 6.96. The van der Waals surface area contributed by atoms with E-state index in [9.17, 15) is 5.11 Å². The summed E-state index contributed by atoms with van der Waals surface area (Å²) in [5, 5.41) is 12.6. The molecular formula is C17H21NO2. The van der Waals surface area contributed by atoms with E-state index in [2.05, 4.69) is 18.3 Å². The summed E-state index contributed by atoms with van der Waals surface area (Å²) in [4.78, 5) is 0. The molecule has 3 nitrogen and oxygen atoms in total. The largest absolute Gasteiger partial charge is 0.508 e. The summed E-state index contributed by atoms with van der Waals surface area (Å²) in [5.41, 5.74) is 2.21. The number of hydrogen-bond acceptors (Lipinski definition) is 3. The molecule has 0 aromatic heterocycles. The van der Waals surface area contributed by atoms with Crippen LogP contribution in [0.4, 0.5) is 0 Å². The molecule has 106 valence electrons. The van der Waals surface area contributed by atoms with E-state index in [4.69, 9.17) is 4.74 Å². The van der Waals surface area contributed by atoms with Crippen LogP contribution in [0.5, 0.6) is 11.5 Å². The van der Waals surface area contributed by atoms with E-state index in [1.54, 1.807) is 12.1 Å². The van der Waals surface area contributed by atoms with Gasteiger partial charge in [-0.3, -0.25) is 0 Å². The number of rotatable bonds is 6. The molecule has 0 bridgehead atoms. The lowest BCUT2D eigenvalue weighted by Gasteiger charge is -2.18. The molecule has 0 radical (unpaired) electrons. The van der Waals surface area contributed by atoms with Crippen LogP contribution in [0.15, 0.2) is 48.5 Å². The fourth-order valence-corrected chi connectivity index (χ4v) is 2.23. The van der Waals surface area contributed by atoms with E-state index in [0.29, 0.717) is 12.6 Å². The SMILES string of the molecule is CCC(NC)c1ccccc1OCc1ccc(O)cc1. The molecule has 1 unspecified atom stereocenters. The Morgan fingerprint density at radius 3 is 2.45 bits per heavy atom. The molecule has 2 N–H and O–H groups in total. The first-order valence-electron chi connectivity index (χ1n) is 6.91. The lowest BCUT2D eigenvalue weighted by atomic mass is 10.0. The van der Waals surface area contributed by atoms with Crippen molar-refractivity contribution in [3.8, 4) is 11.5 Å². The molecule has 0 saturated carbocycles. The number of ether oxygens (including phenoxy) is 1. The van der Waals surface area contributed by atoms with E-state index >= 15 is 0 Å². The van der Waals surface area contributed by atoms with Gasteiger partial charge in [-0.15, -0.1) is 0 Å². The van der Waals surface area contributed by atoms with Crippen molar-refractivity contribution >= 4 is 0 Å². The predicted octanol–water partition coefficient (Wildman–Crippen LogP) is 3.64. The second-order valence-corrected chi connectivity index (χ2v) is 4.74. The highest BCUT2D eigenvalue weighted by Crippen LogP contribution is 2.27. The molecule has 1 atom stereocenters. The number of phenolic OH excluding ortho intramolecular Hbond substituents is 1. The van der Waals surface area contributed by atoms with E-state index in [0.717, 1.165) is 17.7 Å². The Hall–Kier alpha value is -2.00. The van der Waals surface area contributed by atoms with Gasteiger partial charge in [0.05, 0.1) is 0 Å². The van der Waals surface area contributed by atoms with Crippen LogP contribution in [0, 0.1) is 0 Å². The van der Waals surface area contributed by atoms with Gasteiger partial charge in [0.25, 0.3) is 0 Å². The van der Waals surface area contributed by atoms with Crippen molar-refractivity contribution in [1.29, 1.82) is 0 Å². The fourth-order valence-electron chi connectivity index (χ4n) is 2.23. The summed E-state index contributed by atoms with van der Waals surface area (Å²) in [5.74, 6) is 1.18. The zero-order valence-electron chi connectivity index (χ0n) is 12.0. The minimum atomic E-state index is 0.274. The molecule has 0 fully saturated rings. The maximum absolute atomic E-state index is 9.27. The van der Waals surface area contributed by atoms with E-state index in [-0.39, 0.29) is 5.75 Å². The molecule has 0 aliphatic rings. The summed E-state index contributed by atoms with van der Waals surface area (Å²) in [6.45, 7) is 2.65. The van der Waals surface area contributed by atoms with Gasteiger partial charge >= 0.3 is 0 Å². The Morgan fingerprint density at radius 2 is 1.80 bits per heavy atom. The minimum absolute atomic E-state index is 0.274. The highest BCUT2D eigenvalue weighted by atomic mass is 16.5. The normalized spacial score (nSPS) is 12.1. The smallest absolute Gasteiger partial charge is 0.124 e. The molecule has 0 amide bonds. The molecule has 3 heteroatoms. The van der Waals surface area contributed by atoms with E-state index in [1.807, 2.05) is 37.4 Å². The Morgan fingerprint density at radius 1 is 1.10 bits per heavy atom. The fraction of sp³-hybridized carbons (Fsp3) is 0.294. The molecule has 20 heavy (non-hydrogen) atoms. The molecular weight excluding hydrogens is 250 g/mol. The molecule has 0 heterocycles.